The first-order chi connectivity index (χ1) is 21.6. The van der Waals surface area contributed by atoms with Crippen molar-refractivity contribution in [2.75, 3.05) is 30.4 Å². The molecule has 250 valence electrons. The summed E-state index contributed by atoms with van der Waals surface area (Å²) in [6.45, 7) is 0.356. The summed E-state index contributed by atoms with van der Waals surface area (Å²) >= 11 is 0. The Labute approximate surface area is 260 Å². The first-order valence-corrected chi connectivity index (χ1v) is 15.8. The van der Waals surface area contributed by atoms with E-state index in [2.05, 4.69) is 10.1 Å². The molecule has 3 aromatic rings. The van der Waals surface area contributed by atoms with Gasteiger partial charge in [0.15, 0.2) is 9.84 Å². The maximum absolute atomic E-state index is 13.6. The molecular weight excluding hydrogens is 645 g/mol. The Morgan fingerprint density at radius 2 is 1.59 bits per heavy atom. The molecule has 1 fully saturated rings. The molecule has 1 saturated heterocycles. The Bertz CT molecular complexity index is 1580. The van der Waals surface area contributed by atoms with Gasteiger partial charge in [0.1, 0.15) is 0 Å². The summed E-state index contributed by atoms with van der Waals surface area (Å²) in [5.74, 6) is -1.12. The number of hydrogen-bond acceptors (Lipinski definition) is 6. The van der Waals surface area contributed by atoms with Crippen LogP contribution in [0.15, 0.2) is 77.7 Å². The quantitative estimate of drug-likeness (QED) is 0.222. The number of rotatable bonds is 12. The van der Waals surface area contributed by atoms with Crippen LogP contribution in [0.2, 0.25) is 0 Å². The van der Waals surface area contributed by atoms with Gasteiger partial charge in [0.25, 0.3) is 5.91 Å². The summed E-state index contributed by atoms with van der Waals surface area (Å²) in [5, 5.41) is 12.5. The number of hydrogen-bond donors (Lipinski definition) is 2. The van der Waals surface area contributed by atoms with Crippen molar-refractivity contribution in [2.45, 2.75) is 55.0 Å². The molecule has 1 aliphatic heterocycles. The lowest BCUT2D eigenvalue weighted by atomic mass is 9.95. The van der Waals surface area contributed by atoms with E-state index in [4.69, 9.17) is 0 Å². The smallest absolute Gasteiger partial charge is 0.394 e. The summed E-state index contributed by atoms with van der Waals surface area (Å²) in [6.07, 6.45) is -13.2. The van der Waals surface area contributed by atoms with Crippen molar-refractivity contribution in [1.29, 1.82) is 0 Å². The van der Waals surface area contributed by atoms with Crippen molar-refractivity contribution in [2.24, 2.45) is 0 Å². The molecular formula is C31H31F7N2O5S. The molecule has 0 bridgehead atoms. The summed E-state index contributed by atoms with van der Waals surface area (Å²) in [4.78, 5) is 14.7. The highest BCUT2D eigenvalue weighted by Gasteiger charge is 2.44. The Kier molecular flexibility index (Phi) is 10.7. The number of carbonyl (C=O) groups excluding carboxylic acids is 1. The van der Waals surface area contributed by atoms with Gasteiger partial charge in [-0.3, -0.25) is 4.79 Å². The molecule has 1 aliphatic rings. The minimum absolute atomic E-state index is 0.0917. The number of nitrogens with one attached hydrogen (secondary N) is 1. The van der Waals surface area contributed by atoms with E-state index in [1.807, 2.05) is 0 Å². The molecule has 1 heterocycles. The molecule has 0 aliphatic carbocycles. The second kappa shape index (κ2) is 14.0. The van der Waals surface area contributed by atoms with Gasteiger partial charge in [0.2, 0.25) is 0 Å². The molecule has 15 heteroatoms. The molecule has 3 atom stereocenters. The van der Waals surface area contributed by atoms with Gasteiger partial charge < -0.3 is 20.1 Å². The fourth-order valence-corrected chi connectivity index (χ4v) is 6.09. The van der Waals surface area contributed by atoms with Gasteiger partial charge in [-0.1, -0.05) is 31.2 Å². The van der Waals surface area contributed by atoms with Gasteiger partial charge in [0, 0.05) is 23.7 Å². The van der Waals surface area contributed by atoms with E-state index in [-0.39, 0.29) is 29.2 Å². The van der Waals surface area contributed by atoms with Gasteiger partial charge in [-0.25, -0.2) is 17.2 Å². The predicted molar refractivity (Wildman–Crippen MR) is 155 cm³/mol. The zero-order chi connectivity index (χ0) is 33.9. The normalized spacial score (nSPS) is 18.2. The van der Waals surface area contributed by atoms with Gasteiger partial charge in [0.05, 0.1) is 41.5 Å². The van der Waals surface area contributed by atoms with Gasteiger partial charge in [-0.05, 0) is 66.1 Å². The van der Waals surface area contributed by atoms with Crippen molar-refractivity contribution in [1.82, 2.24) is 5.32 Å². The number of nitrogens with zero attached hydrogens (tertiary/aromatic N) is 1. The van der Waals surface area contributed by atoms with Crippen LogP contribution in [0, 0.1) is 0 Å². The number of halogens is 7. The number of alkyl halides is 7. The van der Waals surface area contributed by atoms with E-state index in [1.54, 1.807) is 4.90 Å². The van der Waals surface area contributed by atoms with Crippen LogP contribution >= 0.6 is 0 Å². The monoisotopic (exact) mass is 676 g/mol. The Hall–Kier alpha value is -3.69. The topological polar surface area (TPSA) is 95.9 Å². The molecule has 46 heavy (non-hydrogen) atoms. The first kappa shape index (κ1) is 35.2. The predicted octanol–water partition coefficient (Wildman–Crippen LogP) is 6.20. The number of carbonyl (C=O) groups is 1. The molecule has 0 saturated carbocycles. The van der Waals surface area contributed by atoms with Crippen LogP contribution in [-0.4, -0.2) is 63.5 Å². The second-order valence-electron chi connectivity index (χ2n) is 10.8. The van der Waals surface area contributed by atoms with Gasteiger partial charge in [-0.15, -0.1) is 0 Å². The van der Waals surface area contributed by atoms with Crippen molar-refractivity contribution in [3.8, 4) is 0 Å². The number of ether oxygens (including phenoxy) is 1. The second-order valence-corrected chi connectivity index (χ2v) is 13.0. The lowest BCUT2D eigenvalue weighted by Gasteiger charge is -2.28. The number of benzene rings is 3. The summed E-state index contributed by atoms with van der Waals surface area (Å²) in [6, 6.07) is 14.2. The highest BCUT2D eigenvalue weighted by Crippen LogP contribution is 2.38. The van der Waals surface area contributed by atoms with Crippen molar-refractivity contribution < 1.29 is 53.8 Å². The van der Waals surface area contributed by atoms with Crippen LogP contribution in [0.25, 0.3) is 0 Å². The van der Waals surface area contributed by atoms with Crippen LogP contribution in [0.4, 0.5) is 36.4 Å². The van der Waals surface area contributed by atoms with E-state index in [0.29, 0.717) is 16.8 Å². The average Bonchev–Trinajstić information content (AvgIpc) is 3.46. The molecule has 2 N–H and O–H groups in total. The third-order valence-corrected chi connectivity index (χ3v) is 9.57. The molecule has 0 spiro atoms. The third kappa shape index (κ3) is 8.17. The molecule has 7 nitrogen and oxygen atoms in total. The van der Waals surface area contributed by atoms with E-state index in [0.717, 1.165) is 12.1 Å². The van der Waals surface area contributed by atoms with E-state index in [1.165, 1.54) is 67.6 Å². The molecule has 3 aromatic carbocycles. The van der Waals surface area contributed by atoms with Crippen molar-refractivity contribution in [3.63, 3.8) is 0 Å². The molecule has 0 radical (unpaired) electrons. The minimum Gasteiger partial charge on any atom is -0.394 e. The zero-order valence-corrected chi connectivity index (χ0v) is 25.2. The summed E-state index contributed by atoms with van der Waals surface area (Å²) < 4.78 is 120. The number of aliphatic hydroxyl groups excluding tert-OH is 1. The molecule has 1 amide bonds. The average molecular weight is 677 g/mol. The van der Waals surface area contributed by atoms with Crippen LogP contribution in [-0.2, 0) is 20.8 Å². The molecule has 0 aromatic heterocycles. The largest absolute Gasteiger partial charge is 0.416 e. The van der Waals surface area contributed by atoms with Crippen molar-refractivity contribution >= 4 is 21.4 Å². The molecule has 1 unspecified atom stereocenters. The Morgan fingerprint density at radius 3 is 2.11 bits per heavy atom. The third-order valence-electron chi connectivity index (χ3n) is 7.82. The highest BCUT2D eigenvalue weighted by molar-refractivity contribution is 7.91. The Balaban J connectivity index is 1.51. The fourth-order valence-electron chi connectivity index (χ4n) is 5.20. The standard InChI is InChI=1S/C31H31F7N2O5S/c1-2-46(43,44)26-13-7-20(8-14-26)27(17-41)39-28(42)21-5-11-24(12-6-21)40-16-22(15-25(40)18-45-31(37,38)29(32)33)19-3-9-23(10-4-19)30(34,35)36/h3-14,22,25,27,29,41H,2,15-18H2,1H3,(H,39,42)/t22?,25-,27-/m0/s1. The zero-order valence-electron chi connectivity index (χ0n) is 24.4. The van der Waals surface area contributed by atoms with Gasteiger partial charge >= 0.3 is 18.7 Å². The number of aliphatic hydroxyl groups is 1. The maximum atomic E-state index is 13.6. The first-order valence-electron chi connectivity index (χ1n) is 14.1. The number of anilines is 1. The van der Waals surface area contributed by atoms with Crippen LogP contribution in [0.3, 0.4) is 0 Å². The number of sulfone groups is 1. The lowest BCUT2D eigenvalue weighted by Crippen LogP contribution is -2.38. The lowest BCUT2D eigenvalue weighted by molar-refractivity contribution is -0.301. The van der Waals surface area contributed by atoms with Crippen LogP contribution < -0.4 is 10.2 Å². The minimum atomic E-state index is -4.70. The van der Waals surface area contributed by atoms with Crippen LogP contribution in [0.5, 0.6) is 0 Å². The summed E-state index contributed by atoms with van der Waals surface area (Å²) in [5.41, 5.74) is 0.667. The van der Waals surface area contributed by atoms with Crippen LogP contribution in [0.1, 0.15) is 52.4 Å². The Morgan fingerprint density at radius 1 is 0.978 bits per heavy atom. The number of amides is 1. The van der Waals surface area contributed by atoms with Gasteiger partial charge in [-0.2, -0.15) is 22.0 Å². The SMILES string of the molecule is CCS(=O)(=O)c1ccc([C@H](CO)NC(=O)c2ccc(N3CC(c4ccc(C(F)(F)F)cc4)C[C@H]3COC(F)(F)C(F)F)cc2)cc1. The van der Waals surface area contributed by atoms with E-state index >= 15 is 0 Å². The highest BCUT2D eigenvalue weighted by atomic mass is 32.2. The maximum Gasteiger partial charge on any atom is 0.416 e. The fraction of sp³-hybridized carbons (Fsp3) is 0.387. The van der Waals surface area contributed by atoms with Crippen molar-refractivity contribution in [3.05, 3.63) is 95.1 Å². The molecule has 4 rings (SSSR count). The summed E-state index contributed by atoms with van der Waals surface area (Å²) in [7, 11) is -3.44. The van der Waals surface area contributed by atoms with E-state index < -0.39 is 71.2 Å². The van der Waals surface area contributed by atoms with E-state index in [9.17, 15) is 49.1 Å².